The zero-order valence-corrected chi connectivity index (χ0v) is 10.8. The number of hydrogen-bond donors (Lipinski definition) is 1. The molecular formula is C11H16N4OS. The van der Waals surface area contributed by atoms with Crippen molar-refractivity contribution in [2.45, 2.75) is 33.0 Å². The van der Waals surface area contributed by atoms with Gasteiger partial charge in [-0.15, -0.1) is 16.4 Å². The minimum Gasteiger partial charge on any atom is -0.407 e. The van der Waals surface area contributed by atoms with Crippen LogP contribution >= 0.6 is 11.3 Å². The van der Waals surface area contributed by atoms with Gasteiger partial charge in [-0.1, -0.05) is 11.2 Å². The minimum absolute atomic E-state index is 0.276. The molecular weight excluding hydrogens is 236 g/mol. The Kier molecular flexibility index (Phi) is 3.75. The molecule has 0 aliphatic rings. The van der Waals surface area contributed by atoms with Crippen molar-refractivity contribution in [2.24, 2.45) is 5.73 Å². The summed E-state index contributed by atoms with van der Waals surface area (Å²) in [5.41, 5.74) is 5.46. The normalized spacial score (nSPS) is 11.1. The van der Waals surface area contributed by atoms with Crippen LogP contribution in [0.15, 0.2) is 21.9 Å². The van der Waals surface area contributed by atoms with E-state index in [1.165, 1.54) is 4.88 Å². The molecule has 0 saturated heterocycles. The zero-order valence-electron chi connectivity index (χ0n) is 9.96. The van der Waals surface area contributed by atoms with E-state index in [-0.39, 0.29) is 6.54 Å². The molecule has 2 heterocycles. The van der Waals surface area contributed by atoms with Crippen molar-refractivity contribution < 1.29 is 4.42 Å². The highest BCUT2D eigenvalue weighted by Gasteiger charge is 2.17. The number of rotatable bonds is 5. The molecule has 0 amide bonds. The smallest absolute Gasteiger partial charge is 0.318 e. The van der Waals surface area contributed by atoms with Gasteiger partial charge in [-0.05, 0) is 25.3 Å². The van der Waals surface area contributed by atoms with Gasteiger partial charge in [-0.3, -0.25) is 0 Å². The fourth-order valence-electron chi connectivity index (χ4n) is 1.48. The van der Waals surface area contributed by atoms with E-state index in [0.29, 0.717) is 17.9 Å². The lowest BCUT2D eigenvalue weighted by Gasteiger charge is -2.23. The average Bonchev–Trinajstić information content (AvgIpc) is 2.96. The Bertz CT molecular complexity index is 452. The minimum atomic E-state index is 0.276. The first-order valence-corrected chi connectivity index (χ1v) is 6.40. The second-order valence-corrected chi connectivity index (χ2v) is 5.02. The van der Waals surface area contributed by atoms with Crippen molar-refractivity contribution in [1.29, 1.82) is 0 Å². The first kappa shape index (κ1) is 12.1. The lowest BCUT2D eigenvalue weighted by Crippen LogP contribution is -2.30. The van der Waals surface area contributed by atoms with Crippen molar-refractivity contribution in [3.8, 4) is 0 Å². The first-order chi connectivity index (χ1) is 8.20. The van der Waals surface area contributed by atoms with Crippen LogP contribution in [0.5, 0.6) is 0 Å². The van der Waals surface area contributed by atoms with E-state index in [1.54, 1.807) is 11.3 Å². The third-order valence-corrected chi connectivity index (χ3v) is 3.27. The number of thiophene rings is 1. The molecule has 0 atom stereocenters. The second-order valence-electron chi connectivity index (χ2n) is 3.98. The van der Waals surface area contributed by atoms with Crippen LogP contribution in [0, 0.1) is 0 Å². The zero-order chi connectivity index (χ0) is 12.3. The van der Waals surface area contributed by atoms with Crippen molar-refractivity contribution >= 4 is 17.4 Å². The fraction of sp³-hybridized carbons (Fsp3) is 0.455. The molecule has 2 aromatic rings. The van der Waals surface area contributed by atoms with Crippen LogP contribution in [0.25, 0.3) is 0 Å². The molecule has 92 valence electrons. The molecule has 6 heteroatoms. The fourth-order valence-corrected chi connectivity index (χ4v) is 2.19. The summed E-state index contributed by atoms with van der Waals surface area (Å²) in [7, 11) is 0. The molecule has 0 aliphatic carbocycles. The van der Waals surface area contributed by atoms with Gasteiger partial charge in [0.1, 0.15) is 0 Å². The molecule has 0 aliphatic heterocycles. The quantitative estimate of drug-likeness (QED) is 0.881. The van der Waals surface area contributed by atoms with Crippen LogP contribution in [0.2, 0.25) is 0 Å². The molecule has 0 fully saturated rings. The summed E-state index contributed by atoms with van der Waals surface area (Å²) in [6.07, 6.45) is 0. The maximum Gasteiger partial charge on any atom is 0.318 e. The van der Waals surface area contributed by atoms with Crippen LogP contribution in [0.3, 0.4) is 0 Å². The van der Waals surface area contributed by atoms with Crippen LogP contribution in [0.4, 0.5) is 6.01 Å². The SMILES string of the molecule is CC(C)N(Cc1cccs1)c1nnc(CN)o1. The van der Waals surface area contributed by atoms with Crippen molar-refractivity contribution in [2.75, 3.05) is 4.90 Å². The van der Waals surface area contributed by atoms with Gasteiger partial charge in [0.2, 0.25) is 5.89 Å². The van der Waals surface area contributed by atoms with Gasteiger partial charge >= 0.3 is 6.01 Å². The Morgan fingerprint density at radius 1 is 1.47 bits per heavy atom. The van der Waals surface area contributed by atoms with E-state index in [4.69, 9.17) is 10.2 Å². The molecule has 0 spiro atoms. The van der Waals surface area contributed by atoms with E-state index in [1.807, 2.05) is 6.07 Å². The second kappa shape index (κ2) is 5.29. The predicted molar refractivity (Wildman–Crippen MR) is 67.8 cm³/mol. The van der Waals surface area contributed by atoms with E-state index in [2.05, 4.69) is 40.4 Å². The third-order valence-electron chi connectivity index (χ3n) is 2.41. The maximum atomic E-state index is 5.49. The van der Waals surface area contributed by atoms with Crippen LogP contribution in [0.1, 0.15) is 24.6 Å². The standard InChI is InChI=1S/C11H16N4OS/c1-8(2)15(7-9-4-3-5-17-9)11-14-13-10(6-12)16-11/h3-5,8H,6-7,12H2,1-2H3. The summed E-state index contributed by atoms with van der Waals surface area (Å²) in [5, 5.41) is 9.97. The molecule has 2 N–H and O–H groups in total. The van der Waals surface area contributed by atoms with Crippen molar-refractivity contribution in [3.05, 3.63) is 28.3 Å². The summed E-state index contributed by atoms with van der Waals surface area (Å²) in [6, 6.07) is 4.97. The van der Waals surface area contributed by atoms with E-state index in [0.717, 1.165) is 6.54 Å². The van der Waals surface area contributed by atoms with Gasteiger partial charge in [-0.2, -0.15) is 0 Å². The first-order valence-electron chi connectivity index (χ1n) is 5.52. The molecule has 0 saturated carbocycles. The number of nitrogens with two attached hydrogens (primary N) is 1. The van der Waals surface area contributed by atoms with Crippen LogP contribution < -0.4 is 10.6 Å². The van der Waals surface area contributed by atoms with Crippen molar-refractivity contribution in [1.82, 2.24) is 10.2 Å². The number of nitrogens with zero attached hydrogens (tertiary/aromatic N) is 3. The van der Waals surface area contributed by atoms with E-state index in [9.17, 15) is 0 Å². The highest BCUT2D eigenvalue weighted by molar-refractivity contribution is 7.09. The number of aromatic nitrogens is 2. The molecule has 2 aromatic heterocycles. The average molecular weight is 252 g/mol. The molecule has 0 bridgehead atoms. The Morgan fingerprint density at radius 2 is 2.29 bits per heavy atom. The van der Waals surface area contributed by atoms with Crippen molar-refractivity contribution in [3.63, 3.8) is 0 Å². The summed E-state index contributed by atoms with van der Waals surface area (Å²) >= 11 is 1.72. The predicted octanol–water partition coefficient (Wildman–Crippen LogP) is 2.00. The molecule has 2 rings (SSSR count). The lowest BCUT2D eigenvalue weighted by atomic mass is 10.3. The summed E-state index contributed by atoms with van der Waals surface area (Å²) in [4.78, 5) is 3.34. The number of hydrogen-bond acceptors (Lipinski definition) is 6. The molecule has 5 nitrogen and oxygen atoms in total. The van der Waals surface area contributed by atoms with Gasteiger partial charge in [0.05, 0.1) is 13.1 Å². The molecule has 0 radical (unpaired) electrons. The largest absolute Gasteiger partial charge is 0.407 e. The highest BCUT2D eigenvalue weighted by Crippen LogP contribution is 2.20. The summed E-state index contributed by atoms with van der Waals surface area (Å²) in [6.45, 7) is 5.25. The maximum absolute atomic E-state index is 5.49. The highest BCUT2D eigenvalue weighted by atomic mass is 32.1. The van der Waals surface area contributed by atoms with E-state index < -0.39 is 0 Å². The topological polar surface area (TPSA) is 68.2 Å². The molecule has 0 unspecified atom stereocenters. The van der Waals surface area contributed by atoms with Gasteiger partial charge in [0.15, 0.2) is 0 Å². The van der Waals surface area contributed by atoms with Crippen LogP contribution in [-0.2, 0) is 13.1 Å². The Labute approximate surface area is 104 Å². The van der Waals surface area contributed by atoms with Gasteiger partial charge in [0, 0.05) is 10.9 Å². The summed E-state index contributed by atoms with van der Waals surface area (Å²) in [5.74, 6) is 0.469. The van der Waals surface area contributed by atoms with Crippen LogP contribution in [-0.4, -0.2) is 16.2 Å². The summed E-state index contributed by atoms with van der Waals surface area (Å²) < 4.78 is 5.49. The van der Waals surface area contributed by atoms with E-state index >= 15 is 0 Å². The van der Waals surface area contributed by atoms with Gasteiger partial charge < -0.3 is 15.1 Å². The third kappa shape index (κ3) is 2.83. The van der Waals surface area contributed by atoms with Gasteiger partial charge in [-0.25, -0.2) is 0 Å². The Hall–Kier alpha value is -1.40. The van der Waals surface area contributed by atoms with Gasteiger partial charge in [0.25, 0.3) is 0 Å². The Balaban J connectivity index is 2.17. The number of anilines is 1. The lowest BCUT2D eigenvalue weighted by molar-refractivity contribution is 0.471. The monoisotopic (exact) mass is 252 g/mol. The molecule has 17 heavy (non-hydrogen) atoms. The molecule has 0 aromatic carbocycles. The Morgan fingerprint density at radius 3 is 2.82 bits per heavy atom.